The van der Waals surface area contributed by atoms with Crippen molar-refractivity contribution in [3.05, 3.63) is 60.1 Å². The minimum Gasteiger partial charge on any atom is -0.351 e. The van der Waals surface area contributed by atoms with Gasteiger partial charge in [0.2, 0.25) is 5.91 Å². The summed E-state index contributed by atoms with van der Waals surface area (Å²) in [5.41, 5.74) is -2.89. The number of hydrogen-bond acceptors (Lipinski definition) is 6. The number of sulfone groups is 1. The van der Waals surface area contributed by atoms with Crippen LogP contribution in [-0.2, 0) is 21.2 Å². The van der Waals surface area contributed by atoms with Crippen LogP contribution in [0.5, 0.6) is 0 Å². The van der Waals surface area contributed by atoms with E-state index >= 15 is 0 Å². The van der Waals surface area contributed by atoms with Gasteiger partial charge >= 0.3 is 5.51 Å². The van der Waals surface area contributed by atoms with Crippen molar-refractivity contribution in [1.29, 1.82) is 0 Å². The Bertz CT molecular complexity index is 1210. The molecular formula is C24H27F3N4O3S. The molecule has 188 valence electrons. The van der Waals surface area contributed by atoms with E-state index in [1.165, 1.54) is 18.6 Å². The number of rotatable bonds is 6. The Hall–Kier alpha value is -3.08. The van der Waals surface area contributed by atoms with Crippen LogP contribution in [0.3, 0.4) is 0 Å². The smallest absolute Gasteiger partial charge is 0.351 e. The topological polar surface area (TPSA) is 82.6 Å². The molecule has 1 aromatic carbocycles. The van der Waals surface area contributed by atoms with E-state index in [2.05, 4.69) is 15.2 Å². The highest BCUT2D eigenvalue weighted by Gasteiger charge is 2.46. The molecule has 2 aliphatic rings. The van der Waals surface area contributed by atoms with Gasteiger partial charge in [-0.2, -0.15) is 13.2 Å². The molecule has 1 N–H and O–H groups in total. The Morgan fingerprint density at radius 1 is 1.11 bits per heavy atom. The monoisotopic (exact) mass is 508 g/mol. The molecule has 11 heteroatoms. The van der Waals surface area contributed by atoms with E-state index < -0.39 is 20.2 Å². The predicted molar refractivity (Wildman–Crippen MR) is 126 cm³/mol. The largest absolute Gasteiger partial charge is 0.501 e. The van der Waals surface area contributed by atoms with E-state index in [-0.39, 0.29) is 11.8 Å². The summed E-state index contributed by atoms with van der Waals surface area (Å²) < 4.78 is 61.5. The highest BCUT2D eigenvalue weighted by Crippen LogP contribution is 2.32. The molecule has 4 rings (SSSR count). The molecule has 7 nitrogen and oxygen atoms in total. The fourth-order valence-corrected chi connectivity index (χ4v) is 5.14. The molecule has 0 bridgehead atoms. The summed E-state index contributed by atoms with van der Waals surface area (Å²) in [7, 11) is -5.38. The van der Waals surface area contributed by atoms with E-state index in [9.17, 15) is 26.4 Å². The number of allylic oxidation sites excluding steroid dienone is 1. The molecule has 2 heterocycles. The van der Waals surface area contributed by atoms with Crippen LogP contribution >= 0.6 is 0 Å². The van der Waals surface area contributed by atoms with Crippen molar-refractivity contribution in [3.63, 3.8) is 0 Å². The van der Waals surface area contributed by atoms with Crippen LogP contribution in [0.4, 0.5) is 24.7 Å². The molecule has 1 aliphatic heterocycles. The van der Waals surface area contributed by atoms with E-state index in [1.54, 1.807) is 6.20 Å². The van der Waals surface area contributed by atoms with Crippen LogP contribution in [-0.4, -0.2) is 36.4 Å². The Morgan fingerprint density at radius 3 is 2.46 bits per heavy atom. The molecule has 0 unspecified atom stereocenters. The lowest BCUT2D eigenvalue weighted by molar-refractivity contribution is -0.120. The normalized spacial score (nSPS) is 17.4. The molecule has 35 heavy (non-hydrogen) atoms. The number of halogens is 3. The molecule has 0 atom stereocenters. The van der Waals surface area contributed by atoms with Crippen molar-refractivity contribution in [1.82, 2.24) is 9.88 Å². The van der Waals surface area contributed by atoms with Crippen molar-refractivity contribution >= 4 is 27.2 Å². The second kappa shape index (κ2) is 9.88. The second-order valence-electron chi connectivity index (χ2n) is 8.90. The Kier molecular flexibility index (Phi) is 7.07. The molecule has 1 aromatic heterocycles. The van der Waals surface area contributed by atoms with Gasteiger partial charge in [-0.1, -0.05) is 19.3 Å². The molecule has 0 saturated heterocycles. The lowest BCUT2D eigenvalue weighted by atomic mass is 9.89. The Labute approximate surface area is 202 Å². The quantitative estimate of drug-likeness (QED) is 0.589. The van der Waals surface area contributed by atoms with Crippen molar-refractivity contribution in [3.8, 4) is 0 Å². The number of nitrogens with one attached hydrogen (secondary N) is 1. The van der Waals surface area contributed by atoms with Gasteiger partial charge in [-0.15, -0.1) is 0 Å². The lowest BCUT2D eigenvalue weighted by Gasteiger charge is -2.24. The third-order valence-corrected chi connectivity index (χ3v) is 7.88. The van der Waals surface area contributed by atoms with Crippen LogP contribution in [0, 0.1) is 5.92 Å². The van der Waals surface area contributed by atoms with Gasteiger partial charge < -0.3 is 15.1 Å². The Balaban J connectivity index is 1.39. The summed E-state index contributed by atoms with van der Waals surface area (Å²) in [6.07, 6.45) is 8.63. The van der Waals surface area contributed by atoms with Crippen LogP contribution < -0.4 is 10.2 Å². The highest BCUT2D eigenvalue weighted by molar-refractivity contribution is 7.92. The molecule has 0 radical (unpaired) electrons. The van der Waals surface area contributed by atoms with Crippen LogP contribution in [0.15, 0.2) is 59.4 Å². The number of aromatic nitrogens is 1. The van der Waals surface area contributed by atoms with Crippen molar-refractivity contribution in [2.24, 2.45) is 5.92 Å². The standard InChI is InChI=1S/C24H27F3N4O3S/c1-17-14-31(20-7-9-21(10-8-20)35(33,34)24(25,26)27)16-30(17)15-18-11-12-28-22(13-18)29-23(32)19-5-3-2-4-6-19/h7-14,19H,2-6,15-16H2,1H3,(H,28,29,32). The van der Waals surface area contributed by atoms with Gasteiger partial charge in [0.25, 0.3) is 9.84 Å². The number of nitrogens with zero attached hydrogens (tertiary/aromatic N) is 3. The third-order valence-electron chi connectivity index (χ3n) is 6.37. The van der Waals surface area contributed by atoms with Gasteiger partial charge in [0, 0.05) is 36.2 Å². The minimum atomic E-state index is -5.38. The van der Waals surface area contributed by atoms with Gasteiger partial charge in [-0.25, -0.2) is 13.4 Å². The first kappa shape index (κ1) is 25.0. The number of carbonyl (C=O) groups is 1. The molecule has 1 saturated carbocycles. The minimum absolute atomic E-state index is 0.00811. The van der Waals surface area contributed by atoms with E-state index in [0.717, 1.165) is 49.1 Å². The fourth-order valence-electron chi connectivity index (χ4n) is 4.38. The SMILES string of the molecule is CC1=CN(c2ccc(S(=O)(=O)C(F)(F)F)cc2)CN1Cc1ccnc(NC(=O)C2CCCCC2)c1. The van der Waals surface area contributed by atoms with E-state index in [1.807, 2.05) is 30.2 Å². The average Bonchev–Trinajstić information content (AvgIpc) is 3.19. The zero-order valence-electron chi connectivity index (χ0n) is 19.3. The average molecular weight is 509 g/mol. The summed E-state index contributed by atoms with van der Waals surface area (Å²) in [6.45, 7) is 2.88. The number of pyridine rings is 1. The van der Waals surface area contributed by atoms with E-state index in [4.69, 9.17) is 0 Å². The lowest BCUT2D eigenvalue weighted by Crippen LogP contribution is -2.27. The van der Waals surface area contributed by atoms with Crippen LogP contribution in [0.2, 0.25) is 0 Å². The van der Waals surface area contributed by atoms with Gasteiger partial charge in [0.1, 0.15) is 5.82 Å². The van der Waals surface area contributed by atoms with Gasteiger partial charge in [-0.3, -0.25) is 4.79 Å². The number of anilines is 2. The van der Waals surface area contributed by atoms with Crippen molar-refractivity contribution in [2.75, 3.05) is 16.9 Å². The van der Waals surface area contributed by atoms with Gasteiger partial charge in [0.15, 0.2) is 0 Å². The van der Waals surface area contributed by atoms with Gasteiger partial charge in [0.05, 0.1) is 11.6 Å². The van der Waals surface area contributed by atoms with Crippen molar-refractivity contribution < 1.29 is 26.4 Å². The van der Waals surface area contributed by atoms with Crippen LogP contribution in [0.1, 0.15) is 44.6 Å². The number of benzene rings is 1. The molecule has 1 amide bonds. The summed E-state index contributed by atoms with van der Waals surface area (Å²) >= 11 is 0. The summed E-state index contributed by atoms with van der Waals surface area (Å²) in [5.74, 6) is 0.551. The Morgan fingerprint density at radius 2 is 1.80 bits per heavy atom. The number of amides is 1. The zero-order chi connectivity index (χ0) is 25.2. The number of hydrogen-bond donors (Lipinski definition) is 1. The zero-order valence-corrected chi connectivity index (χ0v) is 20.1. The van der Waals surface area contributed by atoms with Crippen LogP contribution in [0.25, 0.3) is 0 Å². The fraction of sp³-hybridized carbons (Fsp3) is 0.417. The number of alkyl halides is 3. The first-order valence-electron chi connectivity index (χ1n) is 11.4. The van der Waals surface area contributed by atoms with E-state index in [0.29, 0.717) is 24.7 Å². The van der Waals surface area contributed by atoms with Crippen molar-refractivity contribution in [2.45, 2.75) is 56.0 Å². The molecular weight excluding hydrogens is 481 g/mol. The maximum absolute atomic E-state index is 12.8. The highest BCUT2D eigenvalue weighted by atomic mass is 32.2. The third kappa shape index (κ3) is 5.61. The molecule has 2 aromatic rings. The first-order valence-corrected chi connectivity index (χ1v) is 12.9. The maximum Gasteiger partial charge on any atom is 0.501 e. The predicted octanol–water partition coefficient (Wildman–Crippen LogP) is 5.03. The number of carbonyl (C=O) groups excluding carboxylic acids is 1. The van der Waals surface area contributed by atoms with Gasteiger partial charge in [-0.05, 0) is 61.7 Å². The summed E-state index contributed by atoms with van der Waals surface area (Å²) in [5, 5.41) is 2.93. The summed E-state index contributed by atoms with van der Waals surface area (Å²) in [4.78, 5) is 19.9. The molecule has 1 aliphatic carbocycles. The summed E-state index contributed by atoms with van der Waals surface area (Å²) in [6, 6.07) is 8.35. The first-order chi connectivity index (χ1) is 16.5. The maximum atomic E-state index is 12.8. The molecule has 0 spiro atoms. The molecule has 1 fully saturated rings. The second-order valence-corrected chi connectivity index (χ2v) is 10.8.